The molecule has 0 bridgehead atoms. The number of fused-ring (bicyclic) bond motifs is 2. The first-order valence-corrected chi connectivity index (χ1v) is 12.2. The van der Waals surface area contributed by atoms with Crippen molar-refractivity contribution < 1.29 is 23.5 Å². The molecule has 4 aromatic carbocycles. The molecule has 0 aromatic heterocycles. The van der Waals surface area contributed by atoms with Crippen LogP contribution in [0.1, 0.15) is 43.6 Å². The highest BCUT2D eigenvalue weighted by Crippen LogP contribution is 2.36. The van der Waals surface area contributed by atoms with Gasteiger partial charge in [0.2, 0.25) is 6.79 Å². The lowest BCUT2D eigenvalue weighted by molar-refractivity contribution is 0.0728. The third-order valence-electron chi connectivity index (χ3n) is 6.64. The van der Waals surface area contributed by atoms with E-state index in [9.17, 15) is 14.0 Å². The largest absolute Gasteiger partial charge is 0.454 e. The van der Waals surface area contributed by atoms with Crippen molar-refractivity contribution >= 4 is 17.5 Å². The number of anilines is 1. The van der Waals surface area contributed by atoms with Crippen LogP contribution in [0.3, 0.4) is 0 Å². The van der Waals surface area contributed by atoms with Crippen LogP contribution in [0, 0.1) is 5.82 Å². The van der Waals surface area contributed by atoms with E-state index in [0.29, 0.717) is 34.7 Å². The number of rotatable bonds is 7. The van der Waals surface area contributed by atoms with E-state index in [-0.39, 0.29) is 31.0 Å². The molecule has 2 aliphatic rings. The molecule has 0 unspecified atom stereocenters. The highest BCUT2D eigenvalue weighted by Gasteiger charge is 2.36. The summed E-state index contributed by atoms with van der Waals surface area (Å²) >= 11 is 0. The Labute approximate surface area is 218 Å². The van der Waals surface area contributed by atoms with Crippen molar-refractivity contribution in [2.45, 2.75) is 19.3 Å². The molecule has 8 heteroatoms. The summed E-state index contributed by atoms with van der Waals surface area (Å²) < 4.78 is 24.5. The number of benzene rings is 4. The molecule has 38 heavy (non-hydrogen) atoms. The van der Waals surface area contributed by atoms with Gasteiger partial charge in [-0.05, 0) is 65.7 Å². The van der Waals surface area contributed by atoms with Crippen molar-refractivity contribution in [3.63, 3.8) is 0 Å². The van der Waals surface area contributed by atoms with Crippen molar-refractivity contribution in [2.24, 2.45) is 0 Å². The van der Waals surface area contributed by atoms with Gasteiger partial charge in [-0.1, -0.05) is 36.4 Å². The smallest absolute Gasteiger partial charge is 0.256 e. The zero-order valence-corrected chi connectivity index (χ0v) is 20.3. The minimum Gasteiger partial charge on any atom is -0.454 e. The Hall–Kier alpha value is -4.85. The van der Waals surface area contributed by atoms with Gasteiger partial charge in [0, 0.05) is 35.5 Å². The van der Waals surface area contributed by atoms with Gasteiger partial charge in [0.15, 0.2) is 11.5 Å². The van der Waals surface area contributed by atoms with Crippen LogP contribution in [0.4, 0.5) is 10.1 Å². The maximum atomic E-state index is 13.8. The molecule has 6 rings (SSSR count). The molecule has 0 saturated carbocycles. The lowest BCUT2D eigenvalue weighted by Crippen LogP contribution is -2.32. The molecule has 0 aliphatic carbocycles. The fourth-order valence-electron chi connectivity index (χ4n) is 4.73. The Balaban J connectivity index is 1.15. The van der Waals surface area contributed by atoms with Crippen molar-refractivity contribution in [1.82, 2.24) is 10.2 Å². The summed E-state index contributed by atoms with van der Waals surface area (Å²) in [4.78, 5) is 27.6. The van der Waals surface area contributed by atoms with Crippen LogP contribution >= 0.6 is 0 Å². The van der Waals surface area contributed by atoms with E-state index in [4.69, 9.17) is 9.47 Å². The first kappa shape index (κ1) is 23.5. The molecule has 2 heterocycles. The molecule has 2 aliphatic heterocycles. The summed E-state index contributed by atoms with van der Waals surface area (Å²) in [6.45, 7) is 0.809. The molecular weight excluding hydrogens is 485 g/mol. The van der Waals surface area contributed by atoms with Gasteiger partial charge >= 0.3 is 0 Å². The van der Waals surface area contributed by atoms with Crippen molar-refractivity contribution in [2.75, 3.05) is 12.1 Å². The maximum Gasteiger partial charge on any atom is 0.256 e. The first-order valence-electron chi connectivity index (χ1n) is 12.2. The molecule has 2 amide bonds. The van der Waals surface area contributed by atoms with Crippen LogP contribution in [0.5, 0.6) is 11.5 Å². The molecule has 0 saturated heterocycles. The fraction of sp³-hybridized carbons (Fsp3) is 0.133. The molecule has 7 nitrogen and oxygen atoms in total. The number of hydrogen-bond donors (Lipinski definition) is 2. The minimum atomic E-state index is -0.437. The Morgan fingerprint density at radius 1 is 0.895 bits per heavy atom. The quantitative estimate of drug-likeness (QED) is 0.356. The summed E-state index contributed by atoms with van der Waals surface area (Å²) in [6, 6.07) is 26.3. The van der Waals surface area contributed by atoms with Crippen LogP contribution < -0.4 is 20.1 Å². The second-order valence-corrected chi connectivity index (χ2v) is 9.14. The maximum absolute atomic E-state index is 13.8. The average molecular weight is 510 g/mol. The Bertz CT molecular complexity index is 1520. The number of halogens is 1. The van der Waals surface area contributed by atoms with Crippen LogP contribution in [-0.2, 0) is 13.1 Å². The SMILES string of the molecule is O=C(NCc1ccc2c(c1)OCO2)c1ccc(N[C@@H]2c3ccccc3C(=O)N2Cc2cccc(F)c2)cc1. The van der Waals surface area contributed by atoms with Gasteiger partial charge in [-0.25, -0.2) is 4.39 Å². The fourth-order valence-corrected chi connectivity index (χ4v) is 4.73. The van der Waals surface area contributed by atoms with Gasteiger partial charge < -0.3 is 25.0 Å². The van der Waals surface area contributed by atoms with Crippen molar-refractivity contribution in [3.05, 3.63) is 125 Å². The molecule has 0 radical (unpaired) electrons. The van der Waals surface area contributed by atoms with Gasteiger partial charge in [-0.15, -0.1) is 0 Å². The predicted molar refractivity (Wildman–Crippen MR) is 139 cm³/mol. The zero-order valence-electron chi connectivity index (χ0n) is 20.3. The number of nitrogens with zero attached hydrogens (tertiary/aromatic N) is 1. The monoisotopic (exact) mass is 509 g/mol. The summed E-state index contributed by atoms with van der Waals surface area (Å²) in [7, 11) is 0. The number of hydrogen-bond acceptors (Lipinski definition) is 5. The van der Waals surface area contributed by atoms with E-state index in [2.05, 4.69) is 10.6 Å². The third kappa shape index (κ3) is 4.64. The van der Waals surface area contributed by atoms with Gasteiger partial charge in [0.05, 0.1) is 0 Å². The molecule has 0 fully saturated rings. The van der Waals surface area contributed by atoms with E-state index < -0.39 is 6.17 Å². The zero-order chi connectivity index (χ0) is 26.1. The van der Waals surface area contributed by atoms with Crippen LogP contribution in [0.2, 0.25) is 0 Å². The molecule has 190 valence electrons. The second kappa shape index (κ2) is 9.89. The summed E-state index contributed by atoms with van der Waals surface area (Å²) in [5.41, 5.74) is 4.32. The normalized spacial score (nSPS) is 15.3. The number of nitrogens with one attached hydrogen (secondary N) is 2. The summed E-state index contributed by atoms with van der Waals surface area (Å²) in [5, 5.41) is 6.33. The molecule has 1 atom stereocenters. The van der Waals surface area contributed by atoms with Crippen molar-refractivity contribution in [3.8, 4) is 11.5 Å². The standard InChI is InChI=1S/C30H24FN3O4/c31-22-5-3-4-20(14-22)17-34-28(24-6-1-2-7-25(24)30(34)36)33-23-11-9-21(10-12-23)29(35)32-16-19-8-13-26-27(15-19)38-18-37-26/h1-15,28,33H,16-18H2,(H,32,35)/t28-/m0/s1. The third-order valence-corrected chi connectivity index (χ3v) is 6.64. The molecule has 0 spiro atoms. The lowest BCUT2D eigenvalue weighted by Gasteiger charge is -2.27. The molecule has 2 N–H and O–H groups in total. The number of carbonyl (C=O) groups excluding carboxylic acids is 2. The highest BCUT2D eigenvalue weighted by molar-refractivity contribution is 5.99. The first-order chi connectivity index (χ1) is 18.5. The van der Waals surface area contributed by atoms with E-state index in [1.165, 1.54) is 12.1 Å². The van der Waals surface area contributed by atoms with Crippen LogP contribution in [0.25, 0.3) is 0 Å². The number of carbonyl (C=O) groups is 2. The van der Waals surface area contributed by atoms with E-state index in [0.717, 1.165) is 16.8 Å². The Morgan fingerprint density at radius 3 is 2.55 bits per heavy atom. The predicted octanol–water partition coefficient (Wildman–Crippen LogP) is 5.25. The summed E-state index contributed by atoms with van der Waals surface area (Å²) in [5.74, 6) is 0.698. The van der Waals surface area contributed by atoms with Crippen molar-refractivity contribution in [1.29, 1.82) is 0 Å². The second-order valence-electron chi connectivity index (χ2n) is 9.14. The minimum absolute atomic E-state index is 0.123. The molecule has 4 aromatic rings. The average Bonchev–Trinajstić information content (AvgIpc) is 3.51. The van der Waals surface area contributed by atoms with Gasteiger partial charge in [-0.3, -0.25) is 9.59 Å². The van der Waals surface area contributed by atoms with E-state index >= 15 is 0 Å². The summed E-state index contributed by atoms with van der Waals surface area (Å²) in [6.07, 6.45) is -0.437. The highest BCUT2D eigenvalue weighted by atomic mass is 19.1. The number of amides is 2. The van der Waals surface area contributed by atoms with E-state index in [1.807, 2.05) is 36.4 Å². The Kier molecular flexibility index (Phi) is 6.13. The number of ether oxygens (including phenoxy) is 2. The van der Waals surface area contributed by atoms with E-state index in [1.54, 1.807) is 47.4 Å². The topological polar surface area (TPSA) is 79.9 Å². The van der Waals surface area contributed by atoms with Crippen LogP contribution in [0.15, 0.2) is 91.0 Å². The molecular formula is C30H24FN3O4. The lowest BCUT2D eigenvalue weighted by atomic mass is 10.1. The van der Waals surface area contributed by atoms with Crippen LogP contribution in [-0.4, -0.2) is 23.5 Å². The van der Waals surface area contributed by atoms with Gasteiger partial charge in [0.25, 0.3) is 11.8 Å². The van der Waals surface area contributed by atoms with Gasteiger partial charge in [0.1, 0.15) is 12.0 Å². The Morgan fingerprint density at radius 2 is 1.71 bits per heavy atom. The van der Waals surface area contributed by atoms with Gasteiger partial charge in [-0.2, -0.15) is 0 Å².